The molecule has 6 heteroatoms. The quantitative estimate of drug-likeness (QED) is 0.714. The van der Waals surface area contributed by atoms with Crippen molar-refractivity contribution in [2.24, 2.45) is 5.92 Å². The molecule has 0 aromatic heterocycles. The maximum absolute atomic E-state index is 12.3. The molecule has 3 aliphatic rings. The fraction of sp³-hybridized carbons (Fsp3) is 0.867. The third-order valence-corrected chi connectivity index (χ3v) is 5.17. The second-order valence-electron chi connectivity index (χ2n) is 6.59. The van der Waals surface area contributed by atoms with E-state index < -0.39 is 12.2 Å². The van der Waals surface area contributed by atoms with Crippen LogP contribution in [0.2, 0.25) is 0 Å². The van der Waals surface area contributed by atoms with Crippen LogP contribution in [0.4, 0.5) is 0 Å². The topological polar surface area (TPSA) is 70.7 Å². The van der Waals surface area contributed by atoms with Crippen molar-refractivity contribution in [2.45, 2.75) is 70.4 Å². The molecule has 6 unspecified atom stereocenters. The molecule has 0 bridgehead atoms. The smallest absolute Gasteiger partial charge is 0.324 e. The summed E-state index contributed by atoms with van der Waals surface area (Å²) in [6.45, 7) is 6.45. The number of carbonyl (C=O) groups is 2. The van der Waals surface area contributed by atoms with Gasteiger partial charge in [0, 0.05) is 18.1 Å². The van der Waals surface area contributed by atoms with Gasteiger partial charge >= 0.3 is 5.97 Å². The Morgan fingerprint density at radius 1 is 1.38 bits per heavy atom. The van der Waals surface area contributed by atoms with E-state index in [2.05, 4.69) is 22.5 Å². The first-order chi connectivity index (χ1) is 10.0. The van der Waals surface area contributed by atoms with Crippen molar-refractivity contribution < 1.29 is 14.3 Å². The molecule has 2 aliphatic heterocycles. The van der Waals surface area contributed by atoms with Crippen LogP contribution >= 0.6 is 0 Å². The maximum atomic E-state index is 12.3. The van der Waals surface area contributed by atoms with Gasteiger partial charge in [-0.25, -0.2) is 0 Å². The minimum Gasteiger partial charge on any atom is -0.465 e. The Balaban J connectivity index is 1.82. The van der Waals surface area contributed by atoms with Crippen LogP contribution in [-0.2, 0) is 14.3 Å². The largest absolute Gasteiger partial charge is 0.465 e. The number of hydrogen-bond acceptors (Lipinski definition) is 5. The highest BCUT2D eigenvalue weighted by atomic mass is 16.5. The first-order valence-corrected chi connectivity index (χ1v) is 8.03. The standard InChI is InChI=1S/C15H25N3O3/c1-4-21-15(20)12-9(3)18-11-7-8(2)5-6-10(11)16-14(19)13(18)17-12/h8-13,17H,4-7H2,1-3H3,(H,16,19). The molecule has 1 aliphatic carbocycles. The lowest BCUT2D eigenvalue weighted by Crippen LogP contribution is -2.67. The minimum absolute atomic E-state index is 0.00977. The van der Waals surface area contributed by atoms with E-state index in [9.17, 15) is 9.59 Å². The maximum Gasteiger partial charge on any atom is 0.324 e. The van der Waals surface area contributed by atoms with Gasteiger partial charge in [0.25, 0.3) is 5.91 Å². The highest BCUT2D eigenvalue weighted by Gasteiger charge is 2.53. The van der Waals surface area contributed by atoms with Crippen molar-refractivity contribution in [1.82, 2.24) is 15.5 Å². The van der Waals surface area contributed by atoms with Gasteiger partial charge in [-0.3, -0.25) is 19.8 Å². The Morgan fingerprint density at radius 3 is 2.86 bits per heavy atom. The normalized spacial score (nSPS) is 42.9. The average Bonchev–Trinajstić information content (AvgIpc) is 2.79. The highest BCUT2D eigenvalue weighted by molar-refractivity contribution is 5.86. The van der Waals surface area contributed by atoms with Crippen molar-refractivity contribution in [3.05, 3.63) is 0 Å². The predicted molar refractivity (Wildman–Crippen MR) is 77.4 cm³/mol. The van der Waals surface area contributed by atoms with Crippen LogP contribution in [-0.4, -0.2) is 53.7 Å². The number of hydrogen-bond donors (Lipinski definition) is 2. The molecular formula is C15H25N3O3. The Labute approximate surface area is 125 Å². The SMILES string of the molecule is CCOC(=O)C1NC2C(=O)NC3CCC(C)CC3N2C1C. The van der Waals surface area contributed by atoms with E-state index in [-0.39, 0.29) is 24.0 Å². The number of nitrogens with one attached hydrogen (secondary N) is 2. The van der Waals surface area contributed by atoms with Crippen LogP contribution in [0, 0.1) is 5.92 Å². The summed E-state index contributed by atoms with van der Waals surface area (Å²) in [5, 5.41) is 6.29. The molecular weight excluding hydrogens is 270 g/mol. The summed E-state index contributed by atoms with van der Waals surface area (Å²) < 4.78 is 5.13. The van der Waals surface area contributed by atoms with Crippen LogP contribution in [0.15, 0.2) is 0 Å². The minimum atomic E-state index is -0.420. The lowest BCUT2D eigenvalue weighted by atomic mass is 9.80. The van der Waals surface area contributed by atoms with Gasteiger partial charge in [0.05, 0.1) is 6.61 Å². The van der Waals surface area contributed by atoms with Gasteiger partial charge in [-0.1, -0.05) is 6.92 Å². The van der Waals surface area contributed by atoms with Crippen molar-refractivity contribution in [3.8, 4) is 0 Å². The summed E-state index contributed by atoms with van der Waals surface area (Å²) >= 11 is 0. The van der Waals surface area contributed by atoms with E-state index in [1.165, 1.54) is 0 Å². The number of amides is 1. The van der Waals surface area contributed by atoms with Gasteiger partial charge in [0.15, 0.2) is 0 Å². The zero-order valence-corrected chi connectivity index (χ0v) is 13.0. The third-order valence-electron chi connectivity index (χ3n) is 5.17. The van der Waals surface area contributed by atoms with Gasteiger partial charge in [-0.2, -0.15) is 0 Å². The van der Waals surface area contributed by atoms with Crippen molar-refractivity contribution >= 4 is 11.9 Å². The van der Waals surface area contributed by atoms with Crippen LogP contribution < -0.4 is 10.6 Å². The number of fused-ring (bicyclic) bond motifs is 3. The number of carbonyl (C=O) groups excluding carboxylic acids is 2. The van der Waals surface area contributed by atoms with Gasteiger partial charge in [0.2, 0.25) is 0 Å². The first kappa shape index (κ1) is 14.8. The summed E-state index contributed by atoms with van der Waals surface area (Å²) in [5.74, 6) is 0.396. The fourth-order valence-electron chi connectivity index (χ4n) is 4.11. The zero-order valence-electron chi connectivity index (χ0n) is 13.0. The molecule has 1 amide bonds. The molecule has 3 rings (SSSR count). The number of nitrogens with zero attached hydrogens (tertiary/aromatic N) is 1. The molecule has 2 heterocycles. The number of rotatable bonds is 2. The van der Waals surface area contributed by atoms with Crippen molar-refractivity contribution in [3.63, 3.8) is 0 Å². The van der Waals surface area contributed by atoms with Crippen LogP contribution in [0.5, 0.6) is 0 Å². The molecule has 1 saturated carbocycles. The molecule has 6 nitrogen and oxygen atoms in total. The summed E-state index contributed by atoms with van der Waals surface area (Å²) in [6.07, 6.45) is 2.85. The van der Waals surface area contributed by atoms with Gasteiger partial charge in [0.1, 0.15) is 12.2 Å². The van der Waals surface area contributed by atoms with Gasteiger partial charge in [-0.15, -0.1) is 0 Å². The Hall–Kier alpha value is -1.14. The van der Waals surface area contributed by atoms with E-state index in [0.29, 0.717) is 18.6 Å². The summed E-state index contributed by atoms with van der Waals surface area (Å²) in [7, 11) is 0. The molecule has 0 spiro atoms. The Kier molecular flexibility index (Phi) is 3.92. The molecule has 2 N–H and O–H groups in total. The molecule has 0 aromatic rings. The third kappa shape index (κ3) is 2.44. The molecule has 3 fully saturated rings. The van der Waals surface area contributed by atoms with E-state index >= 15 is 0 Å². The molecule has 2 saturated heterocycles. The van der Waals surface area contributed by atoms with Gasteiger partial charge in [-0.05, 0) is 39.0 Å². The van der Waals surface area contributed by atoms with Gasteiger partial charge < -0.3 is 10.1 Å². The summed E-state index contributed by atoms with van der Waals surface area (Å²) in [5.41, 5.74) is 0. The number of piperazine rings is 1. The molecule has 118 valence electrons. The molecule has 21 heavy (non-hydrogen) atoms. The first-order valence-electron chi connectivity index (χ1n) is 8.03. The summed E-state index contributed by atoms with van der Waals surface area (Å²) in [6, 6.07) is 0.100. The average molecular weight is 295 g/mol. The fourth-order valence-corrected chi connectivity index (χ4v) is 4.11. The monoisotopic (exact) mass is 295 g/mol. The number of esters is 1. The van der Waals surface area contributed by atoms with E-state index in [4.69, 9.17) is 4.74 Å². The Morgan fingerprint density at radius 2 is 2.14 bits per heavy atom. The second kappa shape index (κ2) is 5.57. The van der Waals surface area contributed by atoms with Crippen molar-refractivity contribution in [2.75, 3.05) is 6.61 Å². The molecule has 0 aromatic carbocycles. The zero-order chi connectivity index (χ0) is 15.1. The lowest BCUT2D eigenvalue weighted by molar-refractivity contribution is -0.146. The number of ether oxygens (including phenoxy) is 1. The molecule has 0 radical (unpaired) electrons. The lowest BCUT2D eigenvalue weighted by Gasteiger charge is -2.48. The van der Waals surface area contributed by atoms with Crippen LogP contribution in [0.3, 0.4) is 0 Å². The van der Waals surface area contributed by atoms with Crippen LogP contribution in [0.25, 0.3) is 0 Å². The van der Waals surface area contributed by atoms with E-state index in [0.717, 1.165) is 19.3 Å². The molecule has 6 atom stereocenters. The van der Waals surface area contributed by atoms with Crippen LogP contribution in [0.1, 0.15) is 40.0 Å². The van der Waals surface area contributed by atoms with Crippen molar-refractivity contribution in [1.29, 1.82) is 0 Å². The second-order valence-corrected chi connectivity index (χ2v) is 6.59. The summed E-state index contributed by atoms with van der Waals surface area (Å²) in [4.78, 5) is 26.6. The predicted octanol–water partition coefficient (Wildman–Crippen LogP) is 0.225. The van der Waals surface area contributed by atoms with E-state index in [1.807, 2.05) is 6.92 Å². The van der Waals surface area contributed by atoms with E-state index in [1.54, 1.807) is 6.92 Å². The Bertz CT molecular complexity index is 442. The highest BCUT2D eigenvalue weighted by Crippen LogP contribution is 2.35.